The van der Waals surface area contributed by atoms with E-state index in [9.17, 15) is 0 Å². The first-order valence-electron chi connectivity index (χ1n) is 7.36. The number of aromatic nitrogens is 2. The molecule has 4 heteroatoms. The number of rotatable bonds is 1. The highest BCUT2D eigenvalue weighted by molar-refractivity contribution is 14.1. The van der Waals surface area contributed by atoms with E-state index >= 15 is 0 Å². The molecule has 0 aliphatic heterocycles. The monoisotopic (exact) mass is 426 g/mol. The van der Waals surface area contributed by atoms with Gasteiger partial charge in [-0.3, -0.25) is 4.40 Å². The average Bonchev–Trinajstić information content (AvgIpc) is 3.21. The number of thiophene rings is 1. The highest BCUT2D eigenvalue weighted by Gasteiger charge is 2.18. The lowest BCUT2D eigenvalue weighted by Crippen LogP contribution is -1.96. The zero-order valence-electron chi connectivity index (χ0n) is 12.0. The summed E-state index contributed by atoms with van der Waals surface area (Å²) in [6, 6.07) is 21.2. The van der Waals surface area contributed by atoms with Crippen molar-refractivity contribution in [2.24, 2.45) is 0 Å². The largest absolute Gasteiger partial charge is 0.290 e. The molecule has 5 rings (SSSR count). The van der Waals surface area contributed by atoms with Crippen molar-refractivity contribution in [3.05, 3.63) is 69.6 Å². The molecule has 0 aliphatic rings. The molecule has 0 radical (unpaired) electrons. The molecule has 3 heterocycles. The molecule has 0 amide bonds. The van der Waals surface area contributed by atoms with Crippen LogP contribution in [0.5, 0.6) is 0 Å². The van der Waals surface area contributed by atoms with Crippen molar-refractivity contribution in [1.29, 1.82) is 0 Å². The fourth-order valence-corrected chi connectivity index (χ4v) is 5.20. The Bertz CT molecular complexity index is 1170. The first-order valence-corrected chi connectivity index (χ1v) is 9.32. The predicted molar refractivity (Wildman–Crippen MR) is 106 cm³/mol. The minimum Gasteiger partial charge on any atom is -0.290 e. The second-order valence-electron chi connectivity index (χ2n) is 5.45. The fourth-order valence-electron chi connectivity index (χ4n) is 3.14. The maximum Gasteiger partial charge on any atom is 0.156 e. The molecule has 110 valence electrons. The van der Waals surface area contributed by atoms with Crippen molar-refractivity contribution in [2.75, 3.05) is 0 Å². The molecule has 0 fully saturated rings. The molecule has 0 bridgehead atoms. The SMILES string of the molecule is Ic1c(-c2ccccc2)n2c3ccccc3nc2c2sccc12. The molecule has 2 aromatic carbocycles. The Morgan fingerprint density at radius 2 is 1.70 bits per heavy atom. The van der Waals surface area contributed by atoms with Crippen LogP contribution in [0.3, 0.4) is 0 Å². The van der Waals surface area contributed by atoms with Gasteiger partial charge in [0.25, 0.3) is 0 Å². The van der Waals surface area contributed by atoms with E-state index in [0.29, 0.717) is 0 Å². The number of nitrogens with zero attached hydrogens (tertiary/aromatic N) is 2. The number of fused-ring (bicyclic) bond motifs is 5. The standard InChI is InChI=1S/C19H11IN2S/c20-16-13-10-11-23-18(13)19-21-14-8-4-5-9-15(14)22(19)17(16)12-6-2-1-3-7-12/h1-11H. The van der Waals surface area contributed by atoms with E-state index < -0.39 is 0 Å². The summed E-state index contributed by atoms with van der Waals surface area (Å²) in [5.41, 5.74) is 5.70. The van der Waals surface area contributed by atoms with Crippen molar-refractivity contribution in [3.8, 4) is 11.3 Å². The second-order valence-corrected chi connectivity index (χ2v) is 7.45. The Kier molecular flexibility index (Phi) is 2.96. The minimum absolute atomic E-state index is 1.04. The minimum atomic E-state index is 1.04. The van der Waals surface area contributed by atoms with Gasteiger partial charge in [-0.15, -0.1) is 11.3 Å². The Balaban J connectivity index is 2.11. The van der Waals surface area contributed by atoms with E-state index in [-0.39, 0.29) is 0 Å². The molecule has 0 aliphatic carbocycles. The molecule has 0 unspecified atom stereocenters. The van der Waals surface area contributed by atoms with Crippen LogP contribution >= 0.6 is 33.9 Å². The van der Waals surface area contributed by atoms with Gasteiger partial charge in [-0.2, -0.15) is 0 Å². The van der Waals surface area contributed by atoms with Crippen LogP contribution in [0.4, 0.5) is 0 Å². The van der Waals surface area contributed by atoms with E-state index in [1.807, 2.05) is 6.07 Å². The topological polar surface area (TPSA) is 17.3 Å². The quantitative estimate of drug-likeness (QED) is 0.302. The lowest BCUT2D eigenvalue weighted by Gasteiger charge is -2.11. The summed E-state index contributed by atoms with van der Waals surface area (Å²) in [5.74, 6) is 0. The summed E-state index contributed by atoms with van der Waals surface area (Å²) < 4.78 is 4.84. The number of pyridine rings is 1. The second kappa shape index (κ2) is 5.04. The lowest BCUT2D eigenvalue weighted by atomic mass is 10.1. The van der Waals surface area contributed by atoms with Gasteiger partial charge in [-0.25, -0.2) is 4.98 Å². The summed E-state index contributed by atoms with van der Waals surface area (Å²) in [4.78, 5) is 4.91. The molecular weight excluding hydrogens is 415 g/mol. The Hall–Kier alpha value is -1.92. The van der Waals surface area contributed by atoms with Crippen molar-refractivity contribution in [3.63, 3.8) is 0 Å². The van der Waals surface area contributed by atoms with E-state index in [1.54, 1.807) is 11.3 Å². The van der Waals surface area contributed by atoms with E-state index in [4.69, 9.17) is 4.98 Å². The van der Waals surface area contributed by atoms with Gasteiger partial charge in [0.15, 0.2) is 5.65 Å². The van der Waals surface area contributed by atoms with Gasteiger partial charge < -0.3 is 0 Å². The van der Waals surface area contributed by atoms with Gasteiger partial charge in [-0.1, -0.05) is 42.5 Å². The summed E-state index contributed by atoms with van der Waals surface area (Å²) in [5, 5.41) is 3.44. The van der Waals surface area contributed by atoms with Gasteiger partial charge >= 0.3 is 0 Å². The summed E-state index contributed by atoms with van der Waals surface area (Å²) in [6.45, 7) is 0. The molecule has 0 atom stereocenters. The first-order chi connectivity index (χ1) is 11.3. The molecule has 23 heavy (non-hydrogen) atoms. The number of halogens is 1. The number of benzene rings is 2. The lowest BCUT2D eigenvalue weighted by molar-refractivity contribution is 1.24. The van der Waals surface area contributed by atoms with E-state index in [0.717, 1.165) is 16.7 Å². The predicted octanol–water partition coefficient (Wildman–Crippen LogP) is 5.97. The van der Waals surface area contributed by atoms with Crippen LogP contribution in [-0.2, 0) is 0 Å². The summed E-state index contributed by atoms with van der Waals surface area (Å²) in [6.07, 6.45) is 0. The third-order valence-electron chi connectivity index (χ3n) is 4.14. The van der Waals surface area contributed by atoms with Crippen LogP contribution in [-0.4, -0.2) is 9.38 Å². The van der Waals surface area contributed by atoms with Gasteiger partial charge in [0.2, 0.25) is 0 Å². The van der Waals surface area contributed by atoms with Crippen LogP contribution in [0.25, 0.3) is 38.0 Å². The molecule has 2 nitrogen and oxygen atoms in total. The molecule has 3 aromatic heterocycles. The van der Waals surface area contributed by atoms with E-state index in [2.05, 4.69) is 87.0 Å². The molecule has 0 saturated carbocycles. The van der Waals surface area contributed by atoms with Crippen molar-refractivity contribution in [1.82, 2.24) is 9.38 Å². The van der Waals surface area contributed by atoms with Crippen LogP contribution in [0, 0.1) is 3.57 Å². The van der Waals surface area contributed by atoms with Gasteiger partial charge in [0.1, 0.15) is 0 Å². The van der Waals surface area contributed by atoms with Gasteiger partial charge in [-0.05, 0) is 51.7 Å². The van der Waals surface area contributed by atoms with Crippen molar-refractivity contribution in [2.45, 2.75) is 0 Å². The molecule has 0 spiro atoms. The van der Waals surface area contributed by atoms with Crippen molar-refractivity contribution < 1.29 is 0 Å². The van der Waals surface area contributed by atoms with Crippen LogP contribution in [0.15, 0.2) is 66.0 Å². The normalized spacial score (nSPS) is 11.7. The number of hydrogen-bond acceptors (Lipinski definition) is 2. The maximum atomic E-state index is 4.91. The molecule has 5 aromatic rings. The fraction of sp³-hybridized carbons (Fsp3) is 0. The number of para-hydroxylation sites is 2. The zero-order chi connectivity index (χ0) is 15.4. The Labute approximate surface area is 150 Å². The number of imidazole rings is 1. The Morgan fingerprint density at radius 3 is 2.57 bits per heavy atom. The van der Waals surface area contributed by atoms with Gasteiger partial charge in [0, 0.05) is 8.96 Å². The molecular formula is C19H11IN2S. The summed E-state index contributed by atoms with van der Waals surface area (Å²) in [7, 11) is 0. The highest BCUT2D eigenvalue weighted by atomic mass is 127. The van der Waals surface area contributed by atoms with Crippen LogP contribution < -0.4 is 0 Å². The number of hydrogen-bond donors (Lipinski definition) is 0. The van der Waals surface area contributed by atoms with Crippen LogP contribution in [0.2, 0.25) is 0 Å². The zero-order valence-corrected chi connectivity index (χ0v) is 15.0. The average molecular weight is 426 g/mol. The first kappa shape index (κ1) is 13.5. The Morgan fingerprint density at radius 1 is 0.913 bits per heavy atom. The maximum absolute atomic E-state index is 4.91. The molecule has 0 N–H and O–H groups in total. The van der Waals surface area contributed by atoms with Gasteiger partial charge in [0.05, 0.1) is 21.4 Å². The third kappa shape index (κ3) is 1.88. The summed E-state index contributed by atoms with van der Waals surface area (Å²) >= 11 is 4.24. The third-order valence-corrected chi connectivity index (χ3v) is 6.15. The smallest absolute Gasteiger partial charge is 0.156 e. The van der Waals surface area contributed by atoms with Crippen molar-refractivity contribution >= 4 is 60.7 Å². The molecule has 0 saturated heterocycles. The van der Waals surface area contributed by atoms with E-state index in [1.165, 1.54) is 24.9 Å². The highest BCUT2D eigenvalue weighted by Crippen LogP contribution is 2.38. The van der Waals surface area contributed by atoms with Crippen LogP contribution in [0.1, 0.15) is 0 Å².